The van der Waals surface area contributed by atoms with E-state index < -0.39 is 11.6 Å². The first kappa shape index (κ1) is 7.67. The van der Waals surface area contributed by atoms with Crippen LogP contribution in [0.15, 0.2) is 18.2 Å². The number of nitrogens with zero attached hydrogens (tertiary/aromatic N) is 1. The molecule has 0 radical (unpaired) electrons. The van der Waals surface area contributed by atoms with Gasteiger partial charge in [0.2, 0.25) is 0 Å². The van der Waals surface area contributed by atoms with Crippen LogP contribution in [0.4, 0.5) is 8.78 Å². The molecule has 0 aliphatic carbocycles. The Balaban J connectivity index is 3.01. The summed E-state index contributed by atoms with van der Waals surface area (Å²) in [5, 5.41) is 8.20. The van der Waals surface area contributed by atoms with Gasteiger partial charge in [0, 0.05) is 11.6 Å². The standard InChI is InChI=1S/C8H5F2N/c9-7-2-1-6(3-4-11)8(10)5-7/h1-2,5H,3H2. The third kappa shape index (κ3) is 1.74. The molecule has 0 saturated carbocycles. The molecule has 0 aromatic heterocycles. The van der Waals surface area contributed by atoms with Crippen molar-refractivity contribution >= 4 is 0 Å². The van der Waals surface area contributed by atoms with E-state index in [1.807, 2.05) is 0 Å². The van der Waals surface area contributed by atoms with Crippen LogP contribution in [-0.4, -0.2) is 0 Å². The zero-order valence-corrected chi connectivity index (χ0v) is 5.64. The van der Waals surface area contributed by atoms with E-state index >= 15 is 0 Å². The molecule has 0 aliphatic rings. The first-order valence-electron chi connectivity index (χ1n) is 3.05. The van der Waals surface area contributed by atoms with Gasteiger partial charge in [-0.2, -0.15) is 5.26 Å². The Morgan fingerprint density at radius 1 is 1.36 bits per heavy atom. The highest BCUT2D eigenvalue weighted by molar-refractivity contribution is 5.21. The summed E-state index contributed by atoms with van der Waals surface area (Å²) in [4.78, 5) is 0. The second-order valence-corrected chi connectivity index (χ2v) is 2.07. The Morgan fingerprint density at radius 2 is 2.09 bits per heavy atom. The van der Waals surface area contributed by atoms with Gasteiger partial charge in [-0.15, -0.1) is 0 Å². The van der Waals surface area contributed by atoms with Crippen LogP contribution in [0.3, 0.4) is 0 Å². The predicted octanol–water partition coefficient (Wildman–Crippen LogP) is 2.03. The Morgan fingerprint density at radius 3 is 2.64 bits per heavy atom. The van der Waals surface area contributed by atoms with Gasteiger partial charge in [-0.1, -0.05) is 6.07 Å². The van der Waals surface area contributed by atoms with Crippen molar-refractivity contribution in [3.63, 3.8) is 0 Å². The van der Waals surface area contributed by atoms with Crippen LogP contribution in [0.2, 0.25) is 0 Å². The highest BCUT2D eigenvalue weighted by atomic mass is 19.1. The minimum Gasteiger partial charge on any atom is -0.207 e. The highest BCUT2D eigenvalue weighted by Gasteiger charge is 2.01. The van der Waals surface area contributed by atoms with Gasteiger partial charge in [0.15, 0.2) is 0 Å². The molecule has 0 amide bonds. The average molecular weight is 153 g/mol. The second kappa shape index (κ2) is 3.11. The lowest BCUT2D eigenvalue weighted by molar-refractivity contribution is 0.575. The van der Waals surface area contributed by atoms with E-state index in [1.54, 1.807) is 6.07 Å². The van der Waals surface area contributed by atoms with Gasteiger partial charge in [-0.25, -0.2) is 8.78 Å². The summed E-state index contributed by atoms with van der Waals surface area (Å²) in [6.07, 6.45) is -0.0217. The van der Waals surface area contributed by atoms with E-state index in [-0.39, 0.29) is 12.0 Å². The third-order valence-corrected chi connectivity index (χ3v) is 1.28. The first-order chi connectivity index (χ1) is 5.24. The summed E-state index contributed by atoms with van der Waals surface area (Å²) in [6.45, 7) is 0. The molecule has 0 bridgehead atoms. The Kier molecular flexibility index (Phi) is 2.17. The van der Waals surface area contributed by atoms with Crippen LogP contribution in [0.5, 0.6) is 0 Å². The molecular weight excluding hydrogens is 148 g/mol. The minimum atomic E-state index is -0.661. The third-order valence-electron chi connectivity index (χ3n) is 1.28. The van der Waals surface area contributed by atoms with E-state index in [2.05, 4.69) is 0 Å². The molecule has 11 heavy (non-hydrogen) atoms. The fourth-order valence-corrected chi connectivity index (χ4v) is 0.750. The van der Waals surface area contributed by atoms with Crippen molar-refractivity contribution < 1.29 is 8.78 Å². The van der Waals surface area contributed by atoms with Crippen molar-refractivity contribution in [3.8, 4) is 6.07 Å². The highest BCUT2D eigenvalue weighted by Crippen LogP contribution is 2.09. The smallest absolute Gasteiger partial charge is 0.130 e. The SMILES string of the molecule is N#CCc1ccc(F)cc1F. The van der Waals surface area contributed by atoms with Crippen LogP contribution in [0.1, 0.15) is 5.56 Å². The monoisotopic (exact) mass is 153 g/mol. The Hall–Kier alpha value is -1.43. The molecule has 0 fully saturated rings. The number of rotatable bonds is 1. The van der Waals surface area contributed by atoms with E-state index in [0.717, 1.165) is 12.1 Å². The maximum atomic E-state index is 12.6. The Bertz CT molecular complexity index is 301. The quantitative estimate of drug-likeness (QED) is 0.605. The Labute approximate surface area is 62.9 Å². The normalized spacial score (nSPS) is 9.18. The molecule has 0 atom stereocenters. The second-order valence-electron chi connectivity index (χ2n) is 2.07. The van der Waals surface area contributed by atoms with Crippen LogP contribution in [-0.2, 0) is 6.42 Å². The summed E-state index contributed by atoms with van der Waals surface area (Å²) in [5.41, 5.74) is 0.230. The van der Waals surface area contributed by atoms with E-state index in [4.69, 9.17) is 5.26 Å². The molecule has 0 aliphatic heterocycles. The van der Waals surface area contributed by atoms with Gasteiger partial charge in [0.25, 0.3) is 0 Å². The lowest BCUT2D eigenvalue weighted by Crippen LogP contribution is -1.88. The van der Waals surface area contributed by atoms with Gasteiger partial charge in [-0.3, -0.25) is 0 Å². The predicted molar refractivity (Wildman–Crippen MR) is 35.7 cm³/mol. The van der Waals surface area contributed by atoms with Crippen molar-refractivity contribution in [1.82, 2.24) is 0 Å². The summed E-state index contributed by atoms with van der Waals surface area (Å²) in [5.74, 6) is -1.28. The van der Waals surface area contributed by atoms with Crippen LogP contribution in [0.25, 0.3) is 0 Å². The van der Waals surface area contributed by atoms with Crippen molar-refractivity contribution in [2.45, 2.75) is 6.42 Å². The molecule has 0 saturated heterocycles. The molecule has 1 aromatic carbocycles. The summed E-state index contributed by atoms with van der Waals surface area (Å²) >= 11 is 0. The van der Waals surface area contributed by atoms with E-state index in [0.29, 0.717) is 0 Å². The first-order valence-corrected chi connectivity index (χ1v) is 3.05. The van der Waals surface area contributed by atoms with Crippen LogP contribution in [0, 0.1) is 23.0 Å². The van der Waals surface area contributed by atoms with Crippen LogP contribution >= 0.6 is 0 Å². The van der Waals surface area contributed by atoms with Gasteiger partial charge in [0.05, 0.1) is 12.5 Å². The number of halogens is 2. The largest absolute Gasteiger partial charge is 0.207 e. The summed E-state index contributed by atoms with van der Waals surface area (Å²) in [7, 11) is 0. The maximum absolute atomic E-state index is 12.6. The van der Waals surface area contributed by atoms with Crippen molar-refractivity contribution in [2.75, 3.05) is 0 Å². The van der Waals surface area contributed by atoms with Crippen molar-refractivity contribution in [3.05, 3.63) is 35.4 Å². The maximum Gasteiger partial charge on any atom is 0.130 e. The number of nitriles is 1. The van der Waals surface area contributed by atoms with Gasteiger partial charge in [-0.05, 0) is 6.07 Å². The molecule has 1 aromatic rings. The number of hydrogen-bond acceptors (Lipinski definition) is 1. The molecule has 1 nitrogen and oxygen atoms in total. The van der Waals surface area contributed by atoms with Crippen LogP contribution < -0.4 is 0 Å². The fourth-order valence-electron chi connectivity index (χ4n) is 0.750. The lowest BCUT2D eigenvalue weighted by Gasteiger charge is -1.95. The van der Waals surface area contributed by atoms with E-state index in [1.165, 1.54) is 6.07 Å². The molecule has 0 unspecified atom stereocenters. The molecule has 3 heteroatoms. The summed E-state index contributed by atoms with van der Waals surface area (Å²) in [6, 6.07) is 4.96. The van der Waals surface area contributed by atoms with Crippen molar-refractivity contribution in [1.29, 1.82) is 5.26 Å². The number of benzene rings is 1. The molecular formula is C8H5F2N. The van der Waals surface area contributed by atoms with Gasteiger partial charge < -0.3 is 0 Å². The molecule has 0 N–H and O–H groups in total. The molecule has 56 valence electrons. The average Bonchev–Trinajstić information content (AvgIpc) is 1.95. The molecule has 1 rings (SSSR count). The van der Waals surface area contributed by atoms with Gasteiger partial charge >= 0.3 is 0 Å². The fraction of sp³-hybridized carbons (Fsp3) is 0.125. The summed E-state index contributed by atoms with van der Waals surface area (Å²) < 4.78 is 24.9. The number of hydrogen-bond donors (Lipinski definition) is 0. The molecule has 0 spiro atoms. The van der Waals surface area contributed by atoms with E-state index in [9.17, 15) is 8.78 Å². The minimum absolute atomic E-state index is 0.0217. The zero-order chi connectivity index (χ0) is 8.27. The zero-order valence-electron chi connectivity index (χ0n) is 5.64. The lowest BCUT2D eigenvalue weighted by atomic mass is 10.1. The molecule has 0 heterocycles. The topological polar surface area (TPSA) is 23.8 Å². The van der Waals surface area contributed by atoms with Crippen molar-refractivity contribution in [2.24, 2.45) is 0 Å². The van der Waals surface area contributed by atoms with Gasteiger partial charge in [0.1, 0.15) is 11.6 Å².